The van der Waals surface area contributed by atoms with Crippen LogP contribution in [0.1, 0.15) is 0 Å². The first-order chi connectivity index (χ1) is 9.32. The zero-order valence-corrected chi connectivity index (χ0v) is 14.5. The third-order valence-corrected chi connectivity index (χ3v) is 7.02. The number of sulfonamides is 1. The molecule has 0 radical (unpaired) electrons. The quantitative estimate of drug-likeness (QED) is 0.779. The lowest BCUT2D eigenvalue weighted by molar-refractivity contribution is 0.149. The fourth-order valence-electron chi connectivity index (χ4n) is 1.97. The zero-order valence-electron chi connectivity index (χ0n) is 11.2. The topological polar surface area (TPSA) is 60.9 Å². The third-order valence-electron chi connectivity index (χ3n) is 3.03. The fraction of sp³-hybridized carbons (Fsp3) is 0.545. The van der Waals surface area contributed by atoms with Gasteiger partial charge in [0, 0.05) is 40.3 Å². The molecular weight excluding hydrogens is 366 g/mol. The van der Waals surface area contributed by atoms with E-state index in [9.17, 15) is 13.2 Å². The minimum Gasteiger partial charge on any atom is -0.331 e. The summed E-state index contributed by atoms with van der Waals surface area (Å²) in [6.07, 6.45) is 0. The Labute approximate surface area is 131 Å². The van der Waals surface area contributed by atoms with Crippen LogP contribution in [-0.2, 0) is 10.0 Å². The molecule has 0 unspecified atom stereocenters. The van der Waals surface area contributed by atoms with Crippen molar-refractivity contribution in [3.8, 4) is 0 Å². The number of piperazine rings is 1. The second kappa shape index (κ2) is 6.00. The van der Waals surface area contributed by atoms with Crippen LogP contribution in [0.2, 0.25) is 0 Å². The Bertz CT molecular complexity index is 592. The van der Waals surface area contributed by atoms with Crippen LogP contribution in [0.15, 0.2) is 20.1 Å². The van der Waals surface area contributed by atoms with Crippen molar-refractivity contribution >= 4 is 43.3 Å². The van der Waals surface area contributed by atoms with Crippen LogP contribution in [0.5, 0.6) is 0 Å². The highest BCUT2D eigenvalue weighted by molar-refractivity contribution is 9.11. The monoisotopic (exact) mass is 381 g/mol. The molecule has 2 amide bonds. The van der Waals surface area contributed by atoms with Crippen molar-refractivity contribution in [2.45, 2.75) is 4.21 Å². The van der Waals surface area contributed by atoms with Crippen LogP contribution < -0.4 is 0 Å². The van der Waals surface area contributed by atoms with Gasteiger partial charge in [-0.25, -0.2) is 13.2 Å². The molecule has 0 N–H and O–H groups in total. The summed E-state index contributed by atoms with van der Waals surface area (Å²) in [5, 5.41) is 0. The number of amides is 2. The van der Waals surface area contributed by atoms with Gasteiger partial charge in [0.25, 0.3) is 10.0 Å². The summed E-state index contributed by atoms with van der Waals surface area (Å²) in [4.78, 5) is 15.0. The van der Waals surface area contributed by atoms with E-state index in [1.165, 1.54) is 20.5 Å². The Morgan fingerprint density at radius 1 is 1.25 bits per heavy atom. The molecule has 1 fully saturated rings. The molecule has 0 aromatic carbocycles. The molecule has 1 aliphatic heterocycles. The Morgan fingerprint density at radius 2 is 1.85 bits per heavy atom. The first-order valence-electron chi connectivity index (χ1n) is 6.04. The predicted molar refractivity (Wildman–Crippen MR) is 81.4 cm³/mol. The molecule has 1 aliphatic rings. The number of thiophene rings is 1. The molecule has 1 aromatic heterocycles. The lowest BCUT2D eigenvalue weighted by Crippen LogP contribution is -2.52. The van der Waals surface area contributed by atoms with Gasteiger partial charge in [-0.2, -0.15) is 4.31 Å². The Morgan fingerprint density at radius 3 is 2.30 bits per heavy atom. The van der Waals surface area contributed by atoms with Crippen LogP contribution in [0, 0.1) is 0 Å². The highest BCUT2D eigenvalue weighted by atomic mass is 79.9. The van der Waals surface area contributed by atoms with Crippen molar-refractivity contribution in [1.29, 1.82) is 0 Å². The summed E-state index contributed by atoms with van der Waals surface area (Å²) < 4.78 is 27.4. The number of nitrogens with zero attached hydrogens (tertiary/aromatic N) is 3. The summed E-state index contributed by atoms with van der Waals surface area (Å²) >= 11 is 4.47. The number of halogens is 1. The molecule has 2 heterocycles. The van der Waals surface area contributed by atoms with Gasteiger partial charge in [0.05, 0.1) is 3.79 Å². The van der Waals surface area contributed by atoms with E-state index in [4.69, 9.17) is 0 Å². The van der Waals surface area contributed by atoms with E-state index in [1.54, 1.807) is 31.1 Å². The van der Waals surface area contributed by atoms with Gasteiger partial charge in [-0.3, -0.25) is 0 Å². The van der Waals surface area contributed by atoms with E-state index >= 15 is 0 Å². The molecule has 0 spiro atoms. The number of hydrogen-bond donors (Lipinski definition) is 0. The van der Waals surface area contributed by atoms with Crippen LogP contribution in [-0.4, -0.2) is 68.8 Å². The third kappa shape index (κ3) is 3.16. The van der Waals surface area contributed by atoms with E-state index in [-0.39, 0.29) is 6.03 Å². The Kier molecular flexibility index (Phi) is 4.73. The van der Waals surface area contributed by atoms with Crippen molar-refractivity contribution in [3.63, 3.8) is 0 Å². The van der Waals surface area contributed by atoms with Gasteiger partial charge in [-0.1, -0.05) is 0 Å². The molecular formula is C11H16BrN3O3S2. The lowest BCUT2D eigenvalue weighted by atomic mass is 10.4. The van der Waals surface area contributed by atoms with E-state index < -0.39 is 10.0 Å². The average molecular weight is 382 g/mol. The molecule has 0 aliphatic carbocycles. The first kappa shape index (κ1) is 15.7. The van der Waals surface area contributed by atoms with Crippen LogP contribution in [0.3, 0.4) is 0 Å². The molecule has 1 aromatic rings. The van der Waals surface area contributed by atoms with Crippen molar-refractivity contribution in [1.82, 2.24) is 14.1 Å². The molecule has 2 rings (SSSR count). The minimum atomic E-state index is -3.44. The number of carbonyl (C=O) groups is 1. The number of rotatable bonds is 2. The van der Waals surface area contributed by atoms with Gasteiger partial charge >= 0.3 is 6.03 Å². The van der Waals surface area contributed by atoms with Crippen LogP contribution in [0.4, 0.5) is 4.79 Å². The van der Waals surface area contributed by atoms with Crippen molar-refractivity contribution in [2.75, 3.05) is 40.3 Å². The molecule has 6 nitrogen and oxygen atoms in total. The highest BCUT2D eigenvalue weighted by Crippen LogP contribution is 2.28. The number of urea groups is 1. The van der Waals surface area contributed by atoms with Crippen molar-refractivity contribution < 1.29 is 13.2 Å². The second-order valence-electron chi connectivity index (χ2n) is 4.63. The van der Waals surface area contributed by atoms with Gasteiger partial charge in [-0.05, 0) is 28.1 Å². The standard InChI is InChI=1S/C11H16BrN3O3S2/c1-13(2)11(16)14-5-7-15(8-6-14)20(17,18)10-4-3-9(12)19-10/h3-4H,5-8H2,1-2H3. The molecule has 0 atom stereocenters. The van der Waals surface area contributed by atoms with Crippen LogP contribution in [0.25, 0.3) is 0 Å². The smallest absolute Gasteiger partial charge is 0.319 e. The Hall–Kier alpha value is -0.640. The van der Waals surface area contributed by atoms with Gasteiger partial charge in [0.15, 0.2) is 0 Å². The van der Waals surface area contributed by atoms with Gasteiger partial charge < -0.3 is 9.80 Å². The maximum Gasteiger partial charge on any atom is 0.319 e. The van der Waals surface area contributed by atoms with E-state index in [1.807, 2.05) is 0 Å². The lowest BCUT2D eigenvalue weighted by Gasteiger charge is -2.34. The fourth-order valence-corrected chi connectivity index (χ4v) is 5.55. The van der Waals surface area contributed by atoms with Gasteiger partial charge in [0.2, 0.25) is 0 Å². The largest absolute Gasteiger partial charge is 0.331 e. The highest BCUT2D eigenvalue weighted by Gasteiger charge is 2.31. The number of carbonyl (C=O) groups excluding carboxylic acids is 1. The molecule has 9 heteroatoms. The SMILES string of the molecule is CN(C)C(=O)N1CCN(S(=O)(=O)c2ccc(Br)s2)CC1. The molecule has 0 saturated carbocycles. The molecule has 0 bridgehead atoms. The second-order valence-corrected chi connectivity index (χ2v) is 9.25. The van der Waals surface area contributed by atoms with E-state index in [0.29, 0.717) is 30.4 Å². The molecule has 20 heavy (non-hydrogen) atoms. The van der Waals surface area contributed by atoms with E-state index in [2.05, 4.69) is 15.9 Å². The number of hydrogen-bond acceptors (Lipinski definition) is 4. The summed E-state index contributed by atoms with van der Waals surface area (Å²) in [5.74, 6) is 0. The first-order valence-corrected chi connectivity index (χ1v) is 9.09. The Balaban J connectivity index is 2.05. The minimum absolute atomic E-state index is 0.0825. The molecule has 112 valence electrons. The molecule has 1 saturated heterocycles. The summed E-state index contributed by atoms with van der Waals surface area (Å²) in [6, 6.07) is 3.24. The van der Waals surface area contributed by atoms with Crippen molar-refractivity contribution in [2.24, 2.45) is 0 Å². The van der Waals surface area contributed by atoms with Gasteiger partial charge in [-0.15, -0.1) is 11.3 Å². The normalized spacial score (nSPS) is 17.2. The van der Waals surface area contributed by atoms with Crippen molar-refractivity contribution in [3.05, 3.63) is 15.9 Å². The summed E-state index contributed by atoms with van der Waals surface area (Å²) in [7, 11) is -0.0621. The maximum atomic E-state index is 12.4. The summed E-state index contributed by atoms with van der Waals surface area (Å²) in [5.41, 5.74) is 0. The average Bonchev–Trinajstić information content (AvgIpc) is 2.85. The van der Waals surface area contributed by atoms with Crippen LogP contribution >= 0.6 is 27.3 Å². The van der Waals surface area contributed by atoms with E-state index in [0.717, 1.165) is 3.79 Å². The maximum absolute atomic E-state index is 12.4. The summed E-state index contributed by atoms with van der Waals surface area (Å²) in [6.45, 7) is 1.50. The zero-order chi connectivity index (χ0) is 14.9. The van der Waals surface area contributed by atoms with Gasteiger partial charge in [0.1, 0.15) is 4.21 Å². The predicted octanol–water partition coefficient (Wildman–Crippen LogP) is 1.50.